The fourth-order valence-corrected chi connectivity index (χ4v) is 4.67. The highest BCUT2D eigenvalue weighted by Gasteiger charge is 2.32. The number of carbonyl (C=O) groups excluding carboxylic acids is 2. The monoisotopic (exact) mass is 420 g/mol. The van der Waals surface area contributed by atoms with Crippen LogP contribution in [0.4, 0.5) is 5.69 Å². The Kier molecular flexibility index (Phi) is 4.37. The van der Waals surface area contributed by atoms with E-state index < -0.39 is 0 Å². The highest BCUT2D eigenvalue weighted by Crippen LogP contribution is 2.37. The van der Waals surface area contributed by atoms with Gasteiger partial charge in [0.25, 0.3) is 0 Å². The average Bonchev–Trinajstić information content (AvgIpc) is 2.87. The molecular formula is C27H20N2O3. The van der Waals surface area contributed by atoms with Crippen molar-refractivity contribution in [2.24, 2.45) is 0 Å². The average molecular weight is 420 g/mol. The van der Waals surface area contributed by atoms with Crippen molar-refractivity contribution in [2.45, 2.75) is 0 Å². The van der Waals surface area contributed by atoms with E-state index in [2.05, 4.69) is 11.0 Å². The number of morpholine rings is 1. The predicted molar refractivity (Wildman–Crippen MR) is 124 cm³/mol. The van der Waals surface area contributed by atoms with Crippen LogP contribution < -0.4 is 4.90 Å². The number of hydrogen-bond donors (Lipinski definition) is 0. The number of anilines is 1. The Morgan fingerprint density at radius 3 is 2.19 bits per heavy atom. The van der Waals surface area contributed by atoms with E-state index in [1.165, 1.54) is 0 Å². The molecule has 0 unspecified atom stereocenters. The largest absolute Gasteiger partial charge is 0.378 e. The third-order valence-electron chi connectivity index (χ3n) is 6.27. The lowest BCUT2D eigenvalue weighted by atomic mass is 9.82. The first kappa shape index (κ1) is 18.9. The zero-order valence-corrected chi connectivity index (χ0v) is 17.4. The summed E-state index contributed by atoms with van der Waals surface area (Å²) in [4.78, 5) is 34.0. The lowest BCUT2D eigenvalue weighted by Crippen LogP contribution is -2.36. The Morgan fingerprint density at radius 2 is 1.44 bits per heavy atom. The number of pyridine rings is 1. The molecule has 32 heavy (non-hydrogen) atoms. The molecule has 1 aliphatic heterocycles. The molecule has 1 aliphatic carbocycles. The lowest BCUT2D eigenvalue weighted by Gasteiger charge is -2.30. The summed E-state index contributed by atoms with van der Waals surface area (Å²) in [5, 5.41) is 0.880. The van der Waals surface area contributed by atoms with Gasteiger partial charge in [0.2, 0.25) is 0 Å². The zero-order chi connectivity index (χ0) is 21.7. The van der Waals surface area contributed by atoms with E-state index in [0.29, 0.717) is 41.0 Å². The van der Waals surface area contributed by atoms with E-state index in [1.54, 1.807) is 30.3 Å². The number of rotatable bonds is 2. The predicted octanol–water partition coefficient (Wildman–Crippen LogP) is 4.51. The Morgan fingerprint density at radius 1 is 0.750 bits per heavy atom. The smallest absolute Gasteiger partial charge is 0.196 e. The lowest BCUT2D eigenvalue weighted by molar-refractivity contribution is 0.0980. The van der Waals surface area contributed by atoms with E-state index in [-0.39, 0.29) is 11.6 Å². The van der Waals surface area contributed by atoms with Crippen LogP contribution in [0.1, 0.15) is 31.8 Å². The van der Waals surface area contributed by atoms with Crippen LogP contribution in [-0.4, -0.2) is 42.9 Å². The van der Waals surface area contributed by atoms with Crippen LogP contribution in [0.15, 0.2) is 72.8 Å². The van der Waals surface area contributed by atoms with E-state index in [4.69, 9.17) is 9.72 Å². The first-order valence-electron chi connectivity index (χ1n) is 10.8. The second kappa shape index (κ2) is 7.39. The van der Waals surface area contributed by atoms with Gasteiger partial charge in [-0.25, -0.2) is 4.98 Å². The van der Waals surface area contributed by atoms with Gasteiger partial charge in [-0.05, 0) is 18.2 Å². The topological polar surface area (TPSA) is 59.5 Å². The molecule has 3 aromatic carbocycles. The molecule has 0 spiro atoms. The summed E-state index contributed by atoms with van der Waals surface area (Å²) in [6, 6.07) is 22.7. The Balaban J connectivity index is 1.66. The third-order valence-corrected chi connectivity index (χ3v) is 6.27. The van der Waals surface area contributed by atoms with Gasteiger partial charge in [-0.2, -0.15) is 0 Å². The van der Waals surface area contributed by atoms with Crippen molar-refractivity contribution in [1.82, 2.24) is 4.98 Å². The molecule has 1 fully saturated rings. The van der Waals surface area contributed by atoms with Crippen LogP contribution in [0.25, 0.3) is 22.2 Å². The van der Waals surface area contributed by atoms with Crippen LogP contribution in [0.2, 0.25) is 0 Å². The molecule has 2 aliphatic rings. The number of benzene rings is 3. The zero-order valence-electron chi connectivity index (χ0n) is 17.4. The van der Waals surface area contributed by atoms with E-state index in [0.717, 1.165) is 35.4 Å². The van der Waals surface area contributed by atoms with Crippen molar-refractivity contribution in [2.75, 3.05) is 31.2 Å². The Bertz CT molecular complexity index is 1390. The fourth-order valence-electron chi connectivity index (χ4n) is 4.67. The summed E-state index contributed by atoms with van der Waals surface area (Å²) in [6.45, 7) is 2.83. The van der Waals surface area contributed by atoms with Crippen LogP contribution >= 0.6 is 0 Å². The fraction of sp³-hybridized carbons (Fsp3) is 0.148. The quantitative estimate of drug-likeness (QED) is 0.420. The molecule has 0 bridgehead atoms. The summed E-state index contributed by atoms with van der Waals surface area (Å²) in [7, 11) is 0. The third kappa shape index (κ3) is 2.86. The van der Waals surface area contributed by atoms with Gasteiger partial charge in [-0.1, -0.05) is 54.6 Å². The van der Waals surface area contributed by atoms with Gasteiger partial charge in [0, 0.05) is 46.4 Å². The van der Waals surface area contributed by atoms with Crippen LogP contribution in [0.5, 0.6) is 0 Å². The van der Waals surface area contributed by atoms with Crippen molar-refractivity contribution >= 4 is 28.2 Å². The highest BCUT2D eigenvalue weighted by atomic mass is 16.5. The normalized spacial score (nSPS) is 15.6. The minimum absolute atomic E-state index is 0.128. The number of carbonyl (C=O) groups is 2. The molecular weight excluding hydrogens is 400 g/mol. The number of fused-ring (bicyclic) bond motifs is 4. The molecule has 6 rings (SSSR count). The number of hydrogen-bond acceptors (Lipinski definition) is 5. The van der Waals surface area contributed by atoms with E-state index in [1.807, 2.05) is 36.4 Å². The Hall–Kier alpha value is -3.83. The molecule has 0 saturated carbocycles. The van der Waals surface area contributed by atoms with Crippen LogP contribution in [-0.2, 0) is 4.74 Å². The maximum atomic E-state index is 13.6. The highest BCUT2D eigenvalue weighted by molar-refractivity contribution is 6.32. The SMILES string of the molecule is O=C1c2ccccc2C(=O)c2c1ccc1c(N3CCOCC3)cc(-c3ccccc3)nc21. The number of ketones is 2. The first-order chi connectivity index (χ1) is 15.7. The number of ether oxygens (including phenoxy) is 1. The van der Waals surface area contributed by atoms with E-state index in [9.17, 15) is 9.59 Å². The summed E-state index contributed by atoms with van der Waals surface area (Å²) in [5.74, 6) is -0.275. The molecule has 2 heterocycles. The van der Waals surface area contributed by atoms with Crippen LogP contribution in [0, 0.1) is 0 Å². The summed E-state index contributed by atoms with van der Waals surface area (Å²) in [5.41, 5.74) is 5.07. The van der Waals surface area contributed by atoms with Gasteiger partial charge in [0.15, 0.2) is 11.6 Å². The number of nitrogens with zero attached hydrogens (tertiary/aromatic N) is 2. The van der Waals surface area contributed by atoms with Gasteiger partial charge in [0.05, 0.1) is 30.0 Å². The molecule has 0 atom stereocenters. The molecule has 5 nitrogen and oxygen atoms in total. The first-order valence-corrected chi connectivity index (χ1v) is 10.8. The van der Waals surface area contributed by atoms with Gasteiger partial charge in [-0.3, -0.25) is 9.59 Å². The molecule has 0 N–H and O–H groups in total. The maximum Gasteiger partial charge on any atom is 0.196 e. The number of aromatic nitrogens is 1. The van der Waals surface area contributed by atoms with Crippen molar-refractivity contribution in [3.8, 4) is 11.3 Å². The Labute approximate surface area is 185 Å². The second-order valence-electron chi connectivity index (χ2n) is 8.08. The molecule has 5 heteroatoms. The van der Waals surface area contributed by atoms with Crippen molar-refractivity contribution in [3.63, 3.8) is 0 Å². The van der Waals surface area contributed by atoms with Crippen molar-refractivity contribution in [1.29, 1.82) is 0 Å². The van der Waals surface area contributed by atoms with Gasteiger partial charge < -0.3 is 9.64 Å². The summed E-state index contributed by atoms with van der Waals surface area (Å²) in [6.07, 6.45) is 0. The van der Waals surface area contributed by atoms with Crippen molar-refractivity contribution in [3.05, 3.63) is 95.1 Å². The minimum Gasteiger partial charge on any atom is -0.378 e. The molecule has 1 aromatic heterocycles. The van der Waals surface area contributed by atoms with Gasteiger partial charge >= 0.3 is 0 Å². The molecule has 4 aromatic rings. The van der Waals surface area contributed by atoms with Crippen LogP contribution in [0.3, 0.4) is 0 Å². The molecule has 0 radical (unpaired) electrons. The standard InChI is InChI=1S/C27H20N2O3/c30-26-18-8-4-5-9-19(18)27(31)24-21(26)11-10-20-23(29-12-14-32-15-13-29)16-22(28-25(20)24)17-6-2-1-3-7-17/h1-11,16H,12-15H2. The summed E-state index contributed by atoms with van der Waals surface area (Å²) < 4.78 is 5.55. The van der Waals surface area contributed by atoms with Gasteiger partial charge in [0.1, 0.15) is 0 Å². The molecule has 0 amide bonds. The molecule has 156 valence electrons. The second-order valence-corrected chi connectivity index (χ2v) is 8.08. The van der Waals surface area contributed by atoms with E-state index >= 15 is 0 Å². The van der Waals surface area contributed by atoms with Gasteiger partial charge in [-0.15, -0.1) is 0 Å². The molecule has 1 saturated heterocycles. The maximum absolute atomic E-state index is 13.6. The van der Waals surface area contributed by atoms with Crippen molar-refractivity contribution < 1.29 is 14.3 Å². The minimum atomic E-state index is -0.147. The summed E-state index contributed by atoms with van der Waals surface area (Å²) >= 11 is 0.